The van der Waals surface area contributed by atoms with Gasteiger partial charge in [-0.25, -0.2) is 0 Å². The van der Waals surface area contributed by atoms with Crippen LogP contribution in [0.4, 0.5) is 0 Å². The van der Waals surface area contributed by atoms with E-state index in [4.69, 9.17) is 0 Å². The summed E-state index contributed by atoms with van der Waals surface area (Å²) >= 11 is 0. The van der Waals surface area contributed by atoms with Crippen LogP contribution in [0.25, 0.3) is 0 Å². The Morgan fingerprint density at radius 3 is 1.23 bits per heavy atom. The average Bonchev–Trinajstić information content (AvgIpc) is 3.15. The lowest BCUT2D eigenvalue weighted by molar-refractivity contribution is -0.128. The number of carbonyl (C=O) groups excluding carboxylic acids is 4. The monoisotopic (exact) mass is 362 g/mol. The molecular weight excluding hydrogens is 336 g/mol. The van der Waals surface area contributed by atoms with Crippen molar-refractivity contribution < 1.29 is 19.2 Å². The van der Waals surface area contributed by atoms with Gasteiger partial charge in [-0.1, -0.05) is 0 Å². The quantitative estimate of drug-likeness (QED) is 0.641. The van der Waals surface area contributed by atoms with Gasteiger partial charge in [0.25, 0.3) is 0 Å². The molecule has 2 N–H and O–H groups in total. The van der Waals surface area contributed by atoms with Gasteiger partial charge in [-0.15, -0.1) is 0 Å². The highest BCUT2D eigenvalue weighted by Gasteiger charge is 2.40. The lowest BCUT2D eigenvalue weighted by Gasteiger charge is -2.42. The molecule has 8 heteroatoms. The van der Waals surface area contributed by atoms with E-state index in [1.807, 2.05) is 0 Å². The molecule has 4 aliphatic rings. The number of likely N-dealkylation sites (tertiary alicyclic amines) is 2. The minimum atomic E-state index is -0.274. The molecule has 4 rings (SSSR count). The fourth-order valence-corrected chi connectivity index (χ4v) is 5.07. The predicted molar refractivity (Wildman–Crippen MR) is 91.7 cm³/mol. The van der Waals surface area contributed by atoms with Crippen LogP contribution < -0.4 is 10.6 Å². The maximum Gasteiger partial charge on any atom is 0.244 e. The predicted octanol–water partition coefficient (Wildman–Crippen LogP) is -0.759. The first-order chi connectivity index (χ1) is 12.5. The largest absolute Gasteiger partial charge is 0.295 e. The second-order valence-electron chi connectivity index (χ2n) is 8.01. The summed E-state index contributed by atoms with van der Waals surface area (Å²) in [7, 11) is 0. The van der Waals surface area contributed by atoms with Crippen molar-refractivity contribution in [3.63, 3.8) is 0 Å². The van der Waals surface area contributed by atoms with Gasteiger partial charge in [0.2, 0.25) is 23.6 Å². The Bertz CT molecular complexity index is 567. The fraction of sp³-hybridized carbons (Fsp3) is 0.778. The summed E-state index contributed by atoms with van der Waals surface area (Å²) < 4.78 is 0. The van der Waals surface area contributed by atoms with Crippen LogP contribution in [-0.4, -0.2) is 71.7 Å². The number of amides is 4. The van der Waals surface area contributed by atoms with Crippen LogP contribution in [0.2, 0.25) is 0 Å². The van der Waals surface area contributed by atoms with Crippen LogP contribution in [0.15, 0.2) is 0 Å². The zero-order valence-corrected chi connectivity index (χ0v) is 14.9. The van der Waals surface area contributed by atoms with Crippen molar-refractivity contribution in [2.75, 3.05) is 26.2 Å². The van der Waals surface area contributed by atoms with E-state index in [1.165, 1.54) is 0 Å². The Balaban J connectivity index is 1.25. The Kier molecular flexibility index (Phi) is 4.79. The minimum Gasteiger partial charge on any atom is -0.295 e. The zero-order chi connectivity index (χ0) is 18.3. The van der Waals surface area contributed by atoms with Crippen molar-refractivity contribution in [3.05, 3.63) is 0 Å². The van der Waals surface area contributed by atoms with Crippen LogP contribution in [0.1, 0.15) is 38.5 Å². The van der Waals surface area contributed by atoms with E-state index in [9.17, 15) is 19.2 Å². The van der Waals surface area contributed by atoms with Crippen molar-refractivity contribution in [2.45, 2.75) is 50.6 Å². The molecule has 8 nitrogen and oxygen atoms in total. The second-order valence-corrected chi connectivity index (χ2v) is 8.01. The van der Waals surface area contributed by atoms with Crippen LogP contribution in [0.3, 0.4) is 0 Å². The second kappa shape index (κ2) is 7.08. The number of nitrogens with zero attached hydrogens (tertiary/aromatic N) is 2. The van der Waals surface area contributed by atoms with Gasteiger partial charge in [-0.2, -0.15) is 0 Å². The number of nitrogens with one attached hydrogen (secondary N) is 2. The lowest BCUT2D eigenvalue weighted by Crippen LogP contribution is -2.48. The molecule has 0 radical (unpaired) electrons. The summed E-state index contributed by atoms with van der Waals surface area (Å²) in [4.78, 5) is 50.8. The van der Waals surface area contributed by atoms with Gasteiger partial charge in [0.15, 0.2) is 0 Å². The molecule has 4 saturated heterocycles. The molecule has 26 heavy (non-hydrogen) atoms. The van der Waals surface area contributed by atoms with E-state index in [2.05, 4.69) is 20.4 Å². The van der Waals surface area contributed by atoms with Gasteiger partial charge >= 0.3 is 0 Å². The highest BCUT2D eigenvalue weighted by atomic mass is 16.2. The van der Waals surface area contributed by atoms with Gasteiger partial charge < -0.3 is 0 Å². The molecule has 0 aromatic carbocycles. The average molecular weight is 362 g/mol. The normalized spacial score (nSPS) is 32.9. The fourth-order valence-electron chi connectivity index (χ4n) is 5.07. The number of hydrogen-bond acceptors (Lipinski definition) is 6. The molecule has 4 heterocycles. The summed E-state index contributed by atoms with van der Waals surface area (Å²) in [6.07, 6.45) is 4.83. The molecule has 0 aromatic heterocycles. The molecule has 0 spiro atoms. The molecule has 2 unspecified atom stereocenters. The van der Waals surface area contributed by atoms with Crippen LogP contribution >= 0.6 is 0 Å². The third-order valence-corrected chi connectivity index (χ3v) is 6.58. The highest BCUT2D eigenvalue weighted by molar-refractivity contribution is 6.06. The molecular formula is C18H26N4O4. The topological polar surface area (TPSA) is 98.8 Å². The first-order valence-corrected chi connectivity index (χ1v) is 9.67. The Hall–Kier alpha value is -1.80. The Morgan fingerprint density at radius 1 is 0.615 bits per heavy atom. The summed E-state index contributed by atoms with van der Waals surface area (Å²) in [5, 5.41) is 4.79. The van der Waals surface area contributed by atoms with E-state index in [0.29, 0.717) is 24.7 Å². The summed E-state index contributed by atoms with van der Waals surface area (Å²) in [6, 6.07) is -0.549. The third kappa shape index (κ3) is 3.40. The van der Waals surface area contributed by atoms with Crippen LogP contribution in [0.5, 0.6) is 0 Å². The third-order valence-electron chi connectivity index (χ3n) is 6.58. The van der Waals surface area contributed by atoms with Crippen molar-refractivity contribution in [1.82, 2.24) is 20.4 Å². The number of hydrogen-bond donors (Lipinski definition) is 2. The molecule has 0 saturated carbocycles. The summed E-state index contributed by atoms with van der Waals surface area (Å²) in [5.74, 6) is 0.672. The molecule has 4 fully saturated rings. The molecule has 2 atom stereocenters. The highest BCUT2D eigenvalue weighted by Crippen LogP contribution is 2.34. The van der Waals surface area contributed by atoms with Gasteiger partial charge in [-0.3, -0.25) is 39.6 Å². The van der Waals surface area contributed by atoms with Gasteiger partial charge in [0, 0.05) is 0 Å². The van der Waals surface area contributed by atoms with Crippen molar-refractivity contribution in [1.29, 1.82) is 0 Å². The van der Waals surface area contributed by atoms with Crippen LogP contribution in [-0.2, 0) is 19.2 Å². The van der Waals surface area contributed by atoms with E-state index < -0.39 is 0 Å². The number of imide groups is 2. The first kappa shape index (κ1) is 17.6. The lowest BCUT2D eigenvalue weighted by atomic mass is 9.78. The van der Waals surface area contributed by atoms with Gasteiger partial charge in [-0.05, 0) is 63.7 Å². The maximum atomic E-state index is 11.8. The molecule has 142 valence electrons. The SMILES string of the molecule is O=C1CC(N2CCC(C3CCN(C4CC(=O)NC4=O)CC3)CC2)C(=O)N1. The van der Waals surface area contributed by atoms with E-state index in [1.54, 1.807) is 0 Å². The Morgan fingerprint density at radius 2 is 0.962 bits per heavy atom. The maximum absolute atomic E-state index is 11.8. The molecule has 4 amide bonds. The number of carbonyl (C=O) groups is 4. The van der Waals surface area contributed by atoms with Crippen molar-refractivity contribution >= 4 is 23.6 Å². The first-order valence-electron chi connectivity index (χ1n) is 9.67. The van der Waals surface area contributed by atoms with Gasteiger partial charge in [0.05, 0.1) is 24.9 Å². The Labute approximate surface area is 152 Å². The summed E-state index contributed by atoms with van der Waals surface area (Å²) in [5.41, 5.74) is 0. The van der Waals surface area contributed by atoms with Gasteiger partial charge in [0.1, 0.15) is 0 Å². The molecule has 0 aliphatic carbocycles. The molecule has 4 aliphatic heterocycles. The summed E-state index contributed by atoms with van der Waals surface area (Å²) in [6.45, 7) is 3.48. The minimum absolute atomic E-state index is 0.147. The van der Waals surface area contributed by atoms with E-state index >= 15 is 0 Å². The smallest absolute Gasteiger partial charge is 0.244 e. The number of piperidine rings is 2. The number of rotatable bonds is 3. The van der Waals surface area contributed by atoms with Crippen molar-refractivity contribution in [3.8, 4) is 0 Å². The zero-order valence-electron chi connectivity index (χ0n) is 14.9. The van der Waals surface area contributed by atoms with Crippen LogP contribution in [0, 0.1) is 11.8 Å². The van der Waals surface area contributed by atoms with Crippen molar-refractivity contribution in [2.24, 2.45) is 11.8 Å². The molecule has 0 bridgehead atoms. The van der Waals surface area contributed by atoms with E-state index in [0.717, 1.165) is 51.9 Å². The van der Waals surface area contributed by atoms with E-state index in [-0.39, 0.29) is 35.7 Å². The standard InChI is InChI=1S/C18H26N4O4/c23-15-9-13(17(25)19-15)21-5-1-11(2-6-21)12-3-7-22(8-4-12)14-10-16(24)20-18(14)26/h11-14H,1-10H2,(H,19,23,25)(H,20,24,26). The molecule has 0 aromatic rings.